The highest BCUT2D eigenvalue weighted by atomic mass is 32.1. The number of nitrogens with zero attached hydrogens (tertiary/aromatic N) is 1. The standard InChI is InChI=1S/C13H18F2N2O2S/c1-8(2)10-17-9(7-20-10)6-16-11(18)13(14,15)12(19)4-3-5-12/h7-8,19H,3-6H2,1-2H3,(H,16,18). The van der Waals surface area contributed by atoms with Crippen LogP contribution in [0, 0.1) is 0 Å². The monoisotopic (exact) mass is 304 g/mol. The predicted molar refractivity (Wildman–Crippen MR) is 71.8 cm³/mol. The Hall–Kier alpha value is -1.08. The number of nitrogens with one attached hydrogen (secondary N) is 1. The summed E-state index contributed by atoms with van der Waals surface area (Å²) >= 11 is 1.44. The molecule has 1 aromatic heterocycles. The normalized spacial score (nSPS) is 17.9. The zero-order valence-electron chi connectivity index (χ0n) is 11.4. The van der Waals surface area contributed by atoms with E-state index < -0.39 is 17.4 Å². The van der Waals surface area contributed by atoms with Crippen LogP contribution in [0.3, 0.4) is 0 Å². The van der Waals surface area contributed by atoms with Crippen molar-refractivity contribution in [3.63, 3.8) is 0 Å². The van der Waals surface area contributed by atoms with Crippen LogP contribution in [-0.4, -0.2) is 27.5 Å². The van der Waals surface area contributed by atoms with Gasteiger partial charge >= 0.3 is 5.92 Å². The van der Waals surface area contributed by atoms with E-state index in [1.807, 2.05) is 13.8 Å². The van der Waals surface area contributed by atoms with Crippen molar-refractivity contribution in [1.29, 1.82) is 0 Å². The zero-order chi connectivity index (χ0) is 15.0. The van der Waals surface area contributed by atoms with Crippen molar-refractivity contribution in [2.75, 3.05) is 0 Å². The van der Waals surface area contributed by atoms with Gasteiger partial charge in [0.1, 0.15) is 5.60 Å². The maximum absolute atomic E-state index is 13.8. The fraction of sp³-hybridized carbons (Fsp3) is 0.692. The lowest BCUT2D eigenvalue weighted by molar-refractivity contribution is -0.216. The fourth-order valence-electron chi connectivity index (χ4n) is 1.99. The topological polar surface area (TPSA) is 62.2 Å². The Morgan fingerprint density at radius 2 is 2.25 bits per heavy atom. The predicted octanol–water partition coefficient (Wildman–Crippen LogP) is 2.43. The van der Waals surface area contributed by atoms with Crippen LogP contribution in [0.25, 0.3) is 0 Å². The van der Waals surface area contributed by atoms with Crippen molar-refractivity contribution >= 4 is 17.2 Å². The molecule has 1 aliphatic rings. The number of amides is 1. The van der Waals surface area contributed by atoms with Crippen LogP contribution in [-0.2, 0) is 11.3 Å². The summed E-state index contributed by atoms with van der Waals surface area (Å²) in [5.74, 6) is -4.91. The molecule has 1 aliphatic carbocycles. The van der Waals surface area contributed by atoms with Gasteiger partial charge in [-0.2, -0.15) is 8.78 Å². The Balaban J connectivity index is 1.94. The molecule has 1 aromatic rings. The van der Waals surface area contributed by atoms with E-state index in [-0.39, 0.29) is 25.3 Å². The molecule has 0 aromatic carbocycles. The van der Waals surface area contributed by atoms with Crippen LogP contribution in [0.5, 0.6) is 0 Å². The second-order valence-corrected chi connectivity index (χ2v) is 6.36. The maximum Gasteiger partial charge on any atom is 0.352 e. The smallest absolute Gasteiger partial charge is 0.352 e. The van der Waals surface area contributed by atoms with Gasteiger partial charge in [-0.25, -0.2) is 4.98 Å². The second-order valence-electron chi connectivity index (χ2n) is 5.47. The number of thiazole rings is 1. The minimum atomic E-state index is -3.75. The largest absolute Gasteiger partial charge is 0.383 e. The average molecular weight is 304 g/mol. The first-order chi connectivity index (χ1) is 9.26. The van der Waals surface area contributed by atoms with Gasteiger partial charge in [-0.1, -0.05) is 13.8 Å². The SMILES string of the molecule is CC(C)c1nc(CNC(=O)C(F)(F)C2(O)CCC2)cs1. The van der Waals surface area contributed by atoms with Crippen molar-refractivity contribution in [2.24, 2.45) is 0 Å². The van der Waals surface area contributed by atoms with Gasteiger partial charge in [-0.15, -0.1) is 11.3 Å². The molecule has 1 saturated carbocycles. The van der Waals surface area contributed by atoms with E-state index in [0.29, 0.717) is 12.1 Å². The number of alkyl halides is 2. The summed E-state index contributed by atoms with van der Waals surface area (Å²) in [5, 5.41) is 14.5. The number of halogens is 2. The first-order valence-electron chi connectivity index (χ1n) is 6.59. The van der Waals surface area contributed by atoms with Crippen LogP contribution in [0.1, 0.15) is 49.7 Å². The molecule has 0 aliphatic heterocycles. The zero-order valence-corrected chi connectivity index (χ0v) is 12.3. The summed E-state index contributed by atoms with van der Waals surface area (Å²) in [6, 6.07) is 0. The van der Waals surface area contributed by atoms with Crippen LogP contribution >= 0.6 is 11.3 Å². The second kappa shape index (κ2) is 5.37. The van der Waals surface area contributed by atoms with Crippen LogP contribution in [0.2, 0.25) is 0 Å². The molecule has 0 atom stereocenters. The molecule has 0 unspecified atom stereocenters. The number of rotatable bonds is 5. The molecular weight excluding hydrogens is 286 g/mol. The van der Waals surface area contributed by atoms with Gasteiger partial charge in [-0.05, 0) is 19.3 Å². The number of carbonyl (C=O) groups is 1. The molecule has 0 spiro atoms. The van der Waals surface area contributed by atoms with Crippen LogP contribution in [0.4, 0.5) is 8.78 Å². The third kappa shape index (κ3) is 2.69. The summed E-state index contributed by atoms with van der Waals surface area (Å²) in [5.41, 5.74) is -1.62. The van der Waals surface area contributed by atoms with Gasteiger partial charge in [0.05, 0.1) is 17.2 Å². The van der Waals surface area contributed by atoms with Crippen LogP contribution < -0.4 is 5.32 Å². The van der Waals surface area contributed by atoms with Crippen molar-refractivity contribution in [1.82, 2.24) is 10.3 Å². The third-order valence-corrected chi connectivity index (χ3v) is 4.74. The fourth-order valence-corrected chi connectivity index (χ4v) is 2.82. The van der Waals surface area contributed by atoms with E-state index >= 15 is 0 Å². The molecule has 2 rings (SSSR count). The Bertz CT molecular complexity index is 498. The summed E-state index contributed by atoms with van der Waals surface area (Å²) in [7, 11) is 0. The van der Waals surface area contributed by atoms with Gasteiger partial charge in [-0.3, -0.25) is 4.79 Å². The van der Waals surface area contributed by atoms with E-state index in [9.17, 15) is 18.7 Å². The van der Waals surface area contributed by atoms with Gasteiger partial charge in [0.25, 0.3) is 5.91 Å². The molecular formula is C13H18F2N2O2S. The Labute approximate surface area is 120 Å². The Morgan fingerprint density at radius 3 is 2.70 bits per heavy atom. The van der Waals surface area contributed by atoms with E-state index in [1.54, 1.807) is 5.38 Å². The van der Waals surface area contributed by atoms with Gasteiger partial charge in [0.2, 0.25) is 0 Å². The molecule has 4 nitrogen and oxygen atoms in total. The molecule has 20 heavy (non-hydrogen) atoms. The first kappa shape index (κ1) is 15.3. The van der Waals surface area contributed by atoms with E-state index in [0.717, 1.165) is 5.01 Å². The summed E-state index contributed by atoms with van der Waals surface area (Å²) in [6.45, 7) is 3.93. The number of hydrogen-bond donors (Lipinski definition) is 2. The number of hydrogen-bond acceptors (Lipinski definition) is 4. The minimum absolute atomic E-state index is 0.0401. The molecule has 1 heterocycles. The highest BCUT2D eigenvalue weighted by molar-refractivity contribution is 7.09. The minimum Gasteiger partial charge on any atom is -0.383 e. The number of carbonyl (C=O) groups excluding carboxylic acids is 1. The molecule has 0 bridgehead atoms. The molecule has 0 saturated heterocycles. The highest BCUT2D eigenvalue weighted by Gasteiger charge is 2.61. The van der Waals surface area contributed by atoms with Crippen LogP contribution in [0.15, 0.2) is 5.38 Å². The molecule has 1 fully saturated rings. The quantitative estimate of drug-likeness (QED) is 0.878. The molecule has 1 amide bonds. The Morgan fingerprint density at radius 1 is 1.60 bits per heavy atom. The summed E-state index contributed by atoms with van der Waals surface area (Å²) in [4.78, 5) is 15.8. The lowest BCUT2D eigenvalue weighted by atomic mass is 9.75. The van der Waals surface area contributed by atoms with Gasteiger partial charge in [0.15, 0.2) is 0 Å². The lowest BCUT2D eigenvalue weighted by Gasteiger charge is -2.41. The van der Waals surface area contributed by atoms with E-state index in [2.05, 4.69) is 10.3 Å². The third-order valence-electron chi connectivity index (χ3n) is 3.54. The molecule has 2 N–H and O–H groups in total. The maximum atomic E-state index is 13.8. The molecule has 112 valence electrons. The van der Waals surface area contributed by atoms with Crippen molar-refractivity contribution in [3.05, 3.63) is 16.1 Å². The number of aromatic nitrogens is 1. The van der Waals surface area contributed by atoms with Crippen molar-refractivity contribution < 1.29 is 18.7 Å². The highest BCUT2D eigenvalue weighted by Crippen LogP contribution is 2.44. The van der Waals surface area contributed by atoms with Gasteiger partial charge < -0.3 is 10.4 Å². The average Bonchev–Trinajstić information content (AvgIpc) is 2.81. The first-order valence-corrected chi connectivity index (χ1v) is 7.47. The van der Waals surface area contributed by atoms with Gasteiger partial charge in [0, 0.05) is 11.3 Å². The van der Waals surface area contributed by atoms with Crippen molar-refractivity contribution in [3.8, 4) is 0 Å². The van der Waals surface area contributed by atoms with Crippen molar-refractivity contribution in [2.45, 2.75) is 57.1 Å². The lowest BCUT2D eigenvalue weighted by Crippen LogP contribution is -2.60. The molecule has 0 radical (unpaired) electrons. The summed E-state index contributed by atoms with van der Waals surface area (Å²) < 4.78 is 27.6. The molecule has 7 heteroatoms. The Kier molecular flexibility index (Phi) is 4.11. The van der Waals surface area contributed by atoms with E-state index in [4.69, 9.17) is 0 Å². The number of aliphatic hydroxyl groups is 1. The van der Waals surface area contributed by atoms with E-state index in [1.165, 1.54) is 11.3 Å². The summed E-state index contributed by atoms with van der Waals surface area (Å²) in [6.07, 6.45) is 0.437.